The fraction of sp³-hybridized carbons (Fsp3) is 0.417. The molecular formula is C12H15N5. The van der Waals surface area contributed by atoms with Gasteiger partial charge in [0.25, 0.3) is 5.95 Å². The molecule has 88 valence electrons. The van der Waals surface area contributed by atoms with Crippen molar-refractivity contribution in [1.29, 1.82) is 0 Å². The second kappa shape index (κ2) is 4.16. The van der Waals surface area contributed by atoms with Crippen LogP contribution >= 0.6 is 0 Å². The van der Waals surface area contributed by atoms with Crippen molar-refractivity contribution in [3.05, 3.63) is 30.4 Å². The average Bonchev–Trinajstić information content (AvgIpc) is 2.99. The van der Waals surface area contributed by atoms with E-state index in [1.807, 2.05) is 6.20 Å². The predicted octanol–water partition coefficient (Wildman–Crippen LogP) is 1.90. The lowest BCUT2D eigenvalue weighted by Gasteiger charge is -2.05. The summed E-state index contributed by atoms with van der Waals surface area (Å²) >= 11 is 0. The molecule has 2 aromatic rings. The van der Waals surface area contributed by atoms with E-state index >= 15 is 0 Å². The van der Waals surface area contributed by atoms with Gasteiger partial charge in [-0.05, 0) is 18.9 Å². The van der Waals surface area contributed by atoms with Crippen LogP contribution in [0.5, 0.6) is 0 Å². The van der Waals surface area contributed by atoms with Gasteiger partial charge in [0.15, 0.2) is 0 Å². The van der Waals surface area contributed by atoms with Crippen molar-refractivity contribution in [2.75, 3.05) is 5.73 Å². The maximum atomic E-state index is 6.02. The van der Waals surface area contributed by atoms with E-state index in [0.29, 0.717) is 11.9 Å². The molecule has 0 aliphatic heterocycles. The highest BCUT2D eigenvalue weighted by Crippen LogP contribution is 2.35. The summed E-state index contributed by atoms with van der Waals surface area (Å²) in [5.41, 5.74) is 7.78. The molecule has 5 heteroatoms. The summed E-state index contributed by atoms with van der Waals surface area (Å²) in [6, 6.07) is 1.79. The molecule has 0 radical (unpaired) electrons. The first-order valence-electron chi connectivity index (χ1n) is 5.97. The van der Waals surface area contributed by atoms with Crippen LogP contribution in [0.2, 0.25) is 0 Å². The molecule has 17 heavy (non-hydrogen) atoms. The lowest BCUT2D eigenvalue weighted by molar-refractivity contribution is 0.672. The summed E-state index contributed by atoms with van der Waals surface area (Å²) in [5, 5.41) is 4.53. The van der Waals surface area contributed by atoms with Crippen molar-refractivity contribution in [2.45, 2.75) is 31.6 Å². The second-order valence-corrected chi connectivity index (χ2v) is 4.44. The zero-order valence-corrected chi connectivity index (χ0v) is 9.58. The number of hydrogen-bond donors (Lipinski definition) is 1. The molecule has 0 bridgehead atoms. The quantitative estimate of drug-likeness (QED) is 0.853. The minimum atomic E-state index is 0.514. The van der Waals surface area contributed by atoms with Crippen molar-refractivity contribution in [3.63, 3.8) is 0 Å². The van der Waals surface area contributed by atoms with Gasteiger partial charge in [-0.25, -0.2) is 14.6 Å². The van der Waals surface area contributed by atoms with Crippen LogP contribution in [0.1, 0.15) is 37.3 Å². The van der Waals surface area contributed by atoms with E-state index in [1.54, 1.807) is 23.1 Å². The molecule has 1 aliphatic carbocycles. The van der Waals surface area contributed by atoms with E-state index in [2.05, 4.69) is 15.1 Å². The number of hydrogen-bond acceptors (Lipinski definition) is 4. The van der Waals surface area contributed by atoms with Gasteiger partial charge in [0.05, 0.1) is 17.6 Å². The average molecular weight is 229 g/mol. The van der Waals surface area contributed by atoms with Crippen LogP contribution in [0.25, 0.3) is 5.95 Å². The fourth-order valence-corrected chi connectivity index (χ4v) is 2.43. The van der Waals surface area contributed by atoms with Gasteiger partial charge in [0.2, 0.25) is 0 Å². The molecule has 3 rings (SSSR count). The summed E-state index contributed by atoms with van der Waals surface area (Å²) in [5.74, 6) is 1.09. The first kappa shape index (κ1) is 10.3. The first-order valence-corrected chi connectivity index (χ1v) is 5.97. The third kappa shape index (κ3) is 1.88. The summed E-state index contributed by atoms with van der Waals surface area (Å²) in [6.45, 7) is 0. The molecule has 0 saturated heterocycles. The highest BCUT2D eigenvalue weighted by atomic mass is 15.3. The van der Waals surface area contributed by atoms with Gasteiger partial charge in [-0.3, -0.25) is 0 Å². The third-order valence-electron chi connectivity index (χ3n) is 3.27. The van der Waals surface area contributed by atoms with Gasteiger partial charge >= 0.3 is 0 Å². The van der Waals surface area contributed by atoms with E-state index in [9.17, 15) is 0 Å². The molecule has 2 aromatic heterocycles. The molecule has 0 spiro atoms. The number of aromatic nitrogens is 4. The Bertz CT molecular complexity index is 499. The van der Waals surface area contributed by atoms with Gasteiger partial charge in [-0.2, -0.15) is 5.10 Å². The Balaban J connectivity index is 1.95. The Morgan fingerprint density at radius 1 is 1.18 bits per heavy atom. The molecule has 0 atom stereocenters. The van der Waals surface area contributed by atoms with Crippen molar-refractivity contribution in [2.24, 2.45) is 0 Å². The van der Waals surface area contributed by atoms with Gasteiger partial charge < -0.3 is 5.73 Å². The van der Waals surface area contributed by atoms with Crippen LogP contribution in [0, 0.1) is 0 Å². The Morgan fingerprint density at radius 2 is 1.88 bits per heavy atom. The predicted molar refractivity (Wildman–Crippen MR) is 64.8 cm³/mol. The van der Waals surface area contributed by atoms with Crippen LogP contribution in [0.15, 0.2) is 24.7 Å². The van der Waals surface area contributed by atoms with Crippen LogP contribution in [-0.4, -0.2) is 19.7 Å². The molecule has 0 unspecified atom stereocenters. The number of nitrogen functional groups attached to an aromatic ring is 1. The van der Waals surface area contributed by atoms with E-state index in [-0.39, 0.29) is 0 Å². The zero-order chi connectivity index (χ0) is 11.7. The van der Waals surface area contributed by atoms with Crippen molar-refractivity contribution in [1.82, 2.24) is 19.7 Å². The Labute approximate surface area is 99.7 Å². The van der Waals surface area contributed by atoms with Crippen LogP contribution in [0.4, 0.5) is 5.69 Å². The Hall–Kier alpha value is -1.91. The molecule has 1 saturated carbocycles. The maximum absolute atomic E-state index is 6.02. The smallest absolute Gasteiger partial charge is 0.250 e. The van der Waals surface area contributed by atoms with Crippen LogP contribution in [0.3, 0.4) is 0 Å². The normalized spacial score (nSPS) is 16.5. The Morgan fingerprint density at radius 3 is 2.59 bits per heavy atom. The molecule has 5 nitrogen and oxygen atoms in total. The maximum Gasteiger partial charge on any atom is 0.250 e. The number of anilines is 1. The van der Waals surface area contributed by atoms with E-state index < -0.39 is 0 Å². The molecule has 1 aliphatic rings. The summed E-state index contributed by atoms with van der Waals surface area (Å²) in [7, 11) is 0. The molecule has 0 aromatic carbocycles. The van der Waals surface area contributed by atoms with Gasteiger partial charge in [0.1, 0.15) is 0 Å². The topological polar surface area (TPSA) is 69.6 Å². The van der Waals surface area contributed by atoms with Crippen molar-refractivity contribution < 1.29 is 0 Å². The zero-order valence-electron chi connectivity index (χ0n) is 9.58. The van der Waals surface area contributed by atoms with E-state index in [4.69, 9.17) is 5.73 Å². The molecule has 1 fully saturated rings. The molecule has 0 amide bonds. The standard InChI is InChI=1S/C12H15N5/c13-10-8-17(12-14-6-3-7-15-12)16-11(10)9-4-1-2-5-9/h3,6-9H,1-2,4-5,13H2. The summed E-state index contributed by atoms with van der Waals surface area (Å²) in [6.07, 6.45) is 10.2. The lowest BCUT2D eigenvalue weighted by Crippen LogP contribution is -2.02. The minimum Gasteiger partial charge on any atom is -0.396 e. The van der Waals surface area contributed by atoms with Crippen LogP contribution < -0.4 is 5.73 Å². The largest absolute Gasteiger partial charge is 0.396 e. The fourth-order valence-electron chi connectivity index (χ4n) is 2.43. The van der Waals surface area contributed by atoms with Crippen molar-refractivity contribution in [3.8, 4) is 5.95 Å². The van der Waals surface area contributed by atoms with E-state index in [0.717, 1.165) is 11.4 Å². The van der Waals surface area contributed by atoms with Gasteiger partial charge in [-0.1, -0.05) is 12.8 Å². The van der Waals surface area contributed by atoms with Crippen LogP contribution in [-0.2, 0) is 0 Å². The third-order valence-corrected chi connectivity index (χ3v) is 3.27. The highest BCUT2D eigenvalue weighted by molar-refractivity contribution is 5.44. The van der Waals surface area contributed by atoms with Gasteiger partial charge in [0, 0.05) is 18.3 Å². The summed E-state index contributed by atoms with van der Waals surface area (Å²) in [4.78, 5) is 8.33. The minimum absolute atomic E-state index is 0.514. The molecule has 2 heterocycles. The second-order valence-electron chi connectivity index (χ2n) is 4.44. The Kier molecular flexibility index (Phi) is 2.51. The molecular weight excluding hydrogens is 214 g/mol. The summed E-state index contributed by atoms with van der Waals surface area (Å²) < 4.78 is 1.67. The highest BCUT2D eigenvalue weighted by Gasteiger charge is 2.22. The monoisotopic (exact) mass is 229 g/mol. The van der Waals surface area contributed by atoms with Gasteiger partial charge in [-0.15, -0.1) is 0 Å². The molecule has 2 N–H and O–H groups in total. The number of nitrogens with two attached hydrogens (primary N) is 1. The number of nitrogens with zero attached hydrogens (tertiary/aromatic N) is 4. The van der Waals surface area contributed by atoms with Crippen molar-refractivity contribution >= 4 is 5.69 Å². The number of rotatable bonds is 2. The first-order chi connectivity index (χ1) is 8.34. The SMILES string of the molecule is Nc1cn(-c2ncccn2)nc1C1CCCC1. The lowest BCUT2D eigenvalue weighted by atomic mass is 10.0. The van der Waals surface area contributed by atoms with E-state index in [1.165, 1.54) is 25.7 Å².